The number of aromatic nitrogens is 2. The Labute approximate surface area is 141 Å². The van der Waals surface area contributed by atoms with E-state index in [-0.39, 0.29) is 23.9 Å². The van der Waals surface area contributed by atoms with Gasteiger partial charge < -0.3 is 10.3 Å². The third-order valence-corrected chi connectivity index (χ3v) is 4.78. The molecule has 0 bridgehead atoms. The molecule has 2 aromatic carbocycles. The van der Waals surface area contributed by atoms with Gasteiger partial charge in [-0.3, -0.25) is 0 Å². The van der Waals surface area contributed by atoms with Gasteiger partial charge in [0.15, 0.2) is 5.82 Å². The van der Waals surface area contributed by atoms with E-state index in [2.05, 4.69) is 59.5 Å². The molecule has 0 spiro atoms. The second-order valence-electron chi connectivity index (χ2n) is 6.29. The highest BCUT2D eigenvalue weighted by molar-refractivity contribution is 5.85. The van der Waals surface area contributed by atoms with Crippen molar-refractivity contribution in [2.75, 3.05) is 0 Å². The lowest BCUT2D eigenvalue weighted by Crippen LogP contribution is -2.44. The fourth-order valence-electron chi connectivity index (χ4n) is 3.01. The lowest BCUT2D eigenvalue weighted by Gasteiger charge is -2.34. The molecule has 1 aromatic heterocycles. The normalized spacial score (nSPS) is 17.3. The van der Waals surface area contributed by atoms with Gasteiger partial charge in [-0.1, -0.05) is 47.6 Å². The van der Waals surface area contributed by atoms with E-state index in [0.717, 1.165) is 19.3 Å². The fourth-order valence-corrected chi connectivity index (χ4v) is 3.01. The van der Waals surface area contributed by atoms with Crippen LogP contribution >= 0.6 is 12.4 Å². The predicted octanol–water partition coefficient (Wildman–Crippen LogP) is 4.13. The summed E-state index contributed by atoms with van der Waals surface area (Å²) in [5.74, 6) is 1.36. The molecule has 2 N–H and O–H groups in total. The summed E-state index contributed by atoms with van der Waals surface area (Å²) >= 11 is 0. The molecule has 0 amide bonds. The molecule has 0 aliphatic heterocycles. The Kier molecular flexibility index (Phi) is 4.13. The van der Waals surface area contributed by atoms with Crippen LogP contribution in [0.5, 0.6) is 0 Å². The number of fused-ring (bicyclic) bond motifs is 1. The van der Waals surface area contributed by atoms with Crippen LogP contribution in [0.3, 0.4) is 0 Å². The minimum absolute atomic E-state index is 0. The van der Waals surface area contributed by atoms with Gasteiger partial charge in [-0.25, -0.2) is 0 Å². The summed E-state index contributed by atoms with van der Waals surface area (Å²) in [6.07, 6.45) is 3.02. The third-order valence-electron chi connectivity index (χ3n) is 4.78. The van der Waals surface area contributed by atoms with Crippen LogP contribution in [0.2, 0.25) is 0 Å². The number of hydrogen-bond donors (Lipinski definition) is 1. The van der Waals surface area contributed by atoms with Gasteiger partial charge in [0, 0.05) is 0 Å². The van der Waals surface area contributed by atoms with Crippen LogP contribution in [0, 0.1) is 0 Å². The quantitative estimate of drug-likeness (QED) is 0.784. The van der Waals surface area contributed by atoms with Crippen LogP contribution in [0.4, 0.5) is 0 Å². The van der Waals surface area contributed by atoms with Gasteiger partial charge in [0.2, 0.25) is 5.89 Å². The second kappa shape index (κ2) is 5.95. The Bertz CT molecular complexity index is 826. The van der Waals surface area contributed by atoms with E-state index in [1.165, 1.54) is 16.3 Å². The fraction of sp³-hybridized carbons (Fsp3) is 0.333. The zero-order valence-electron chi connectivity index (χ0n) is 13.0. The van der Waals surface area contributed by atoms with Gasteiger partial charge in [-0.05, 0) is 42.5 Å². The summed E-state index contributed by atoms with van der Waals surface area (Å²) in [6.45, 7) is 2.09. The number of rotatable bonds is 3. The SMILES string of the molecule is CC(c1ccc2ccccc2c1)c1nc(C2(N)CCC2)no1.Cl. The number of benzene rings is 2. The first kappa shape index (κ1) is 16.0. The van der Waals surface area contributed by atoms with Crippen molar-refractivity contribution in [3.8, 4) is 0 Å². The molecular weight excluding hydrogens is 310 g/mol. The van der Waals surface area contributed by atoms with Crippen molar-refractivity contribution in [1.29, 1.82) is 0 Å². The lowest BCUT2D eigenvalue weighted by molar-refractivity contribution is 0.228. The average molecular weight is 330 g/mol. The van der Waals surface area contributed by atoms with E-state index < -0.39 is 0 Å². The zero-order valence-corrected chi connectivity index (χ0v) is 13.8. The Morgan fingerprint density at radius 1 is 1.13 bits per heavy atom. The molecule has 23 heavy (non-hydrogen) atoms. The standard InChI is InChI=1S/C18H19N3O.ClH/c1-12(14-8-7-13-5-2-3-6-15(13)11-14)16-20-17(21-22-16)18(19)9-4-10-18;/h2-3,5-8,11-12H,4,9-10,19H2,1H3;1H. The van der Waals surface area contributed by atoms with Gasteiger partial charge in [-0.15, -0.1) is 12.4 Å². The summed E-state index contributed by atoms with van der Waals surface area (Å²) in [5, 5.41) is 6.57. The summed E-state index contributed by atoms with van der Waals surface area (Å²) < 4.78 is 5.47. The molecule has 1 heterocycles. The summed E-state index contributed by atoms with van der Waals surface area (Å²) in [7, 11) is 0. The molecule has 4 rings (SSSR count). The Morgan fingerprint density at radius 3 is 2.57 bits per heavy atom. The van der Waals surface area contributed by atoms with Gasteiger partial charge in [0.25, 0.3) is 0 Å². The molecule has 5 heteroatoms. The number of nitrogens with zero attached hydrogens (tertiary/aromatic N) is 2. The molecule has 4 nitrogen and oxygen atoms in total. The molecule has 1 aliphatic carbocycles. The Hall–Kier alpha value is -1.91. The maximum atomic E-state index is 6.27. The number of halogens is 1. The molecule has 1 unspecified atom stereocenters. The van der Waals surface area contributed by atoms with Gasteiger partial charge >= 0.3 is 0 Å². The van der Waals surface area contributed by atoms with Crippen molar-refractivity contribution in [1.82, 2.24) is 10.1 Å². The minimum Gasteiger partial charge on any atom is -0.339 e. The molecular formula is C18H20ClN3O. The predicted molar refractivity (Wildman–Crippen MR) is 92.7 cm³/mol. The highest BCUT2D eigenvalue weighted by Crippen LogP contribution is 2.37. The topological polar surface area (TPSA) is 64.9 Å². The maximum Gasteiger partial charge on any atom is 0.233 e. The molecule has 1 atom stereocenters. The Balaban J connectivity index is 0.00000156. The molecule has 1 saturated carbocycles. The monoisotopic (exact) mass is 329 g/mol. The van der Waals surface area contributed by atoms with E-state index in [1.807, 2.05) is 0 Å². The van der Waals surface area contributed by atoms with Gasteiger partial charge in [0.05, 0.1) is 11.5 Å². The van der Waals surface area contributed by atoms with Crippen molar-refractivity contribution in [3.05, 3.63) is 59.7 Å². The minimum atomic E-state index is -0.370. The van der Waals surface area contributed by atoms with Crippen molar-refractivity contribution in [2.45, 2.75) is 37.6 Å². The van der Waals surface area contributed by atoms with Gasteiger partial charge in [-0.2, -0.15) is 4.98 Å². The first-order valence-corrected chi connectivity index (χ1v) is 7.77. The maximum absolute atomic E-state index is 6.27. The smallest absolute Gasteiger partial charge is 0.233 e. The highest BCUT2D eigenvalue weighted by atomic mass is 35.5. The number of nitrogens with two attached hydrogens (primary N) is 1. The van der Waals surface area contributed by atoms with Crippen LogP contribution in [-0.4, -0.2) is 10.1 Å². The van der Waals surface area contributed by atoms with Crippen molar-refractivity contribution in [2.24, 2.45) is 5.73 Å². The van der Waals surface area contributed by atoms with Gasteiger partial charge in [0.1, 0.15) is 0 Å². The van der Waals surface area contributed by atoms with E-state index in [9.17, 15) is 0 Å². The van der Waals surface area contributed by atoms with Crippen LogP contribution < -0.4 is 5.73 Å². The summed E-state index contributed by atoms with van der Waals surface area (Å²) in [6, 6.07) is 14.8. The highest BCUT2D eigenvalue weighted by Gasteiger charge is 2.39. The molecule has 3 aromatic rings. The van der Waals surface area contributed by atoms with Crippen LogP contribution in [-0.2, 0) is 5.54 Å². The van der Waals surface area contributed by atoms with E-state index >= 15 is 0 Å². The van der Waals surface area contributed by atoms with E-state index in [0.29, 0.717) is 11.7 Å². The van der Waals surface area contributed by atoms with Crippen LogP contribution in [0.1, 0.15) is 49.4 Å². The first-order valence-electron chi connectivity index (χ1n) is 7.77. The molecule has 1 fully saturated rings. The van der Waals surface area contributed by atoms with Crippen molar-refractivity contribution >= 4 is 23.2 Å². The second-order valence-corrected chi connectivity index (χ2v) is 6.29. The Morgan fingerprint density at radius 2 is 1.87 bits per heavy atom. The van der Waals surface area contributed by atoms with E-state index in [1.54, 1.807) is 0 Å². The van der Waals surface area contributed by atoms with Crippen molar-refractivity contribution < 1.29 is 4.52 Å². The van der Waals surface area contributed by atoms with Crippen molar-refractivity contribution in [3.63, 3.8) is 0 Å². The average Bonchev–Trinajstić information content (AvgIpc) is 3.01. The molecule has 0 radical (unpaired) electrons. The lowest BCUT2D eigenvalue weighted by atomic mass is 9.77. The third kappa shape index (κ3) is 2.73. The summed E-state index contributed by atoms with van der Waals surface area (Å²) in [5.41, 5.74) is 7.07. The first-order chi connectivity index (χ1) is 10.7. The van der Waals surface area contributed by atoms with E-state index in [4.69, 9.17) is 10.3 Å². The molecule has 120 valence electrons. The largest absolute Gasteiger partial charge is 0.339 e. The molecule has 1 aliphatic rings. The van der Waals surface area contributed by atoms with Crippen LogP contribution in [0.25, 0.3) is 10.8 Å². The zero-order chi connectivity index (χ0) is 15.2. The summed E-state index contributed by atoms with van der Waals surface area (Å²) in [4.78, 5) is 4.56. The van der Waals surface area contributed by atoms with Crippen LogP contribution in [0.15, 0.2) is 47.0 Å². The number of hydrogen-bond acceptors (Lipinski definition) is 4. The molecule has 0 saturated heterocycles.